The number of halogens is 1. The van der Waals surface area contributed by atoms with E-state index in [0.717, 1.165) is 22.9 Å². The zero-order valence-electron chi connectivity index (χ0n) is 14.9. The number of nitrogens with zero attached hydrogens (tertiary/aromatic N) is 1. The lowest BCUT2D eigenvalue weighted by Crippen LogP contribution is -2.45. The maximum Gasteiger partial charge on any atom is 0.193 e. The maximum atomic E-state index is 12.5. The van der Waals surface area contributed by atoms with E-state index in [1.54, 1.807) is 0 Å². The van der Waals surface area contributed by atoms with Crippen LogP contribution in [0.4, 0.5) is 0 Å². The quantitative estimate of drug-likeness (QED) is 0.618. The van der Waals surface area contributed by atoms with Gasteiger partial charge in [-0.15, -0.1) is 0 Å². The van der Waals surface area contributed by atoms with Crippen LogP contribution in [0.1, 0.15) is 48.0 Å². The first kappa shape index (κ1) is 17.7. The zero-order valence-corrected chi connectivity index (χ0v) is 16.5. The molecule has 0 radical (unpaired) electrons. The van der Waals surface area contributed by atoms with Gasteiger partial charge in [0, 0.05) is 27.7 Å². The molecule has 1 saturated carbocycles. The predicted molar refractivity (Wildman–Crippen MR) is 107 cm³/mol. The summed E-state index contributed by atoms with van der Waals surface area (Å²) in [6.45, 7) is 1.97. The van der Waals surface area contributed by atoms with Crippen LogP contribution >= 0.6 is 15.9 Å². The van der Waals surface area contributed by atoms with Gasteiger partial charge in [-0.25, -0.2) is 0 Å². The van der Waals surface area contributed by atoms with Crippen LogP contribution < -0.4 is 4.74 Å². The number of carbonyl (C=O) groups is 1. The van der Waals surface area contributed by atoms with Crippen LogP contribution in [0.3, 0.4) is 0 Å². The highest BCUT2D eigenvalue weighted by Crippen LogP contribution is 2.31. The summed E-state index contributed by atoms with van der Waals surface area (Å²) < 4.78 is 7.01. The smallest absolute Gasteiger partial charge is 0.193 e. The van der Waals surface area contributed by atoms with Crippen LogP contribution in [0.25, 0.3) is 0 Å². The van der Waals surface area contributed by atoms with Crippen LogP contribution in [0.2, 0.25) is 0 Å². The van der Waals surface area contributed by atoms with Gasteiger partial charge in [-0.3, -0.25) is 9.69 Å². The van der Waals surface area contributed by atoms with Crippen molar-refractivity contribution in [2.24, 2.45) is 0 Å². The summed E-state index contributed by atoms with van der Waals surface area (Å²) in [6, 6.07) is 16.3. The van der Waals surface area contributed by atoms with Crippen molar-refractivity contribution in [1.82, 2.24) is 4.90 Å². The molecule has 3 nitrogen and oxygen atoms in total. The van der Waals surface area contributed by atoms with Gasteiger partial charge < -0.3 is 4.74 Å². The average molecular weight is 414 g/mol. The van der Waals surface area contributed by atoms with Crippen molar-refractivity contribution in [3.05, 3.63) is 64.1 Å². The minimum absolute atomic E-state index is 0.0380. The third-order valence-electron chi connectivity index (χ3n) is 5.63. The Morgan fingerprint density at radius 3 is 2.23 bits per heavy atom. The molecule has 2 aliphatic rings. The minimum Gasteiger partial charge on any atom is -0.492 e. The van der Waals surface area contributed by atoms with Gasteiger partial charge >= 0.3 is 0 Å². The summed E-state index contributed by atoms with van der Waals surface area (Å²) >= 11 is 3.40. The summed E-state index contributed by atoms with van der Waals surface area (Å²) in [5.74, 6) is 0.883. The van der Waals surface area contributed by atoms with Crippen LogP contribution in [0.15, 0.2) is 53.0 Å². The third-order valence-corrected chi connectivity index (χ3v) is 6.16. The Balaban J connectivity index is 1.35. The highest BCUT2D eigenvalue weighted by atomic mass is 79.9. The Morgan fingerprint density at radius 2 is 1.62 bits per heavy atom. The molecule has 0 N–H and O–H groups in total. The molecule has 2 aromatic rings. The van der Waals surface area contributed by atoms with E-state index in [4.69, 9.17) is 4.74 Å². The Bertz CT molecular complexity index is 753. The highest BCUT2D eigenvalue weighted by molar-refractivity contribution is 9.10. The Labute approximate surface area is 163 Å². The van der Waals surface area contributed by atoms with Gasteiger partial charge in [0.15, 0.2) is 5.78 Å². The molecule has 2 aromatic carbocycles. The molecule has 4 heteroatoms. The van der Waals surface area contributed by atoms with Crippen molar-refractivity contribution in [2.45, 2.75) is 44.2 Å². The molecular weight excluding hydrogens is 390 g/mol. The van der Waals surface area contributed by atoms with Gasteiger partial charge in [0.2, 0.25) is 0 Å². The first-order valence-corrected chi connectivity index (χ1v) is 10.3. The monoisotopic (exact) mass is 413 g/mol. The summed E-state index contributed by atoms with van der Waals surface area (Å²) in [5.41, 5.74) is 1.39. The number of hydrogen-bond acceptors (Lipinski definition) is 3. The third kappa shape index (κ3) is 3.86. The first-order chi connectivity index (χ1) is 12.7. The van der Waals surface area contributed by atoms with Gasteiger partial charge in [0.1, 0.15) is 12.4 Å². The topological polar surface area (TPSA) is 29.5 Å². The summed E-state index contributed by atoms with van der Waals surface area (Å²) in [4.78, 5) is 15.2. The van der Waals surface area contributed by atoms with Crippen molar-refractivity contribution in [1.29, 1.82) is 0 Å². The molecule has 0 bridgehead atoms. The van der Waals surface area contributed by atoms with E-state index in [2.05, 4.69) is 20.8 Å². The van der Waals surface area contributed by atoms with Gasteiger partial charge in [0.25, 0.3) is 0 Å². The molecular formula is C22H24BrNO2. The van der Waals surface area contributed by atoms with Crippen LogP contribution in [-0.2, 0) is 0 Å². The molecule has 1 heterocycles. The Morgan fingerprint density at radius 1 is 0.962 bits per heavy atom. The van der Waals surface area contributed by atoms with Crippen LogP contribution in [0, 0.1) is 0 Å². The van der Waals surface area contributed by atoms with Crippen molar-refractivity contribution < 1.29 is 9.53 Å². The van der Waals surface area contributed by atoms with E-state index in [9.17, 15) is 4.79 Å². The van der Waals surface area contributed by atoms with E-state index in [1.807, 2.05) is 48.5 Å². The first-order valence-electron chi connectivity index (χ1n) is 9.49. The largest absolute Gasteiger partial charge is 0.492 e. The molecule has 0 aromatic heterocycles. The van der Waals surface area contributed by atoms with Crippen molar-refractivity contribution >= 4 is 21.7 Å². The van der Waals surface area contributed by atoms with Gasteiger partial charge in [-0.2, -0.15) is 0 Å². The molecule has 1 aliphatic heterocycles. The number of rotatable bonds is 6. The molecule has 2 fully saturated rings. The predicted octanol–water partition coefficient (Wildman–Crippen LogP) is 5.08. The lowest BCUT2D eigenvalue weighted by molar-refractivity contribution is 0.0850. The number of carbonyl (C=O) groups excluding carboxylic acids is 1. The second kappa shape index (κ2) is 7.93. The fraction of sp³-hybridized carbons (Fsp3) is 0.409. The average Bonchev–Trinajstić information content (AvgIpc) is 3.07. The van der Waals surface area contributed by atoms with E-state index < -0.39 is 0 Å². The SMILES string of the molecule is O=C(c1ccc(Br)cc1)c1ccc(OC[C@@H]2CCCN2C2CCC2)cc1. The zero-order chi connectivity index (χ0) is 17.9. The van der Waals surface area contributed by atoms with Crippen LogP contribution in [-0.4, -0.2) is 35.9 Å². The summed E-state index contributed by atoms with van der Waals surface area (Å²) in [7, 11) is 0. The second-order valence-corrected chi connectivity index (χ2v) is 8.21. The lowest BCUT2D eigenvalue weighted by Gasteiger charge is -2.38. The lowest BCUT2D eigenvalue weighted by atomic mass is 9.91. The molecule has 136 valence electrons. The van der Waals surface area contributed by atoms with E-state index in [0.29, 0.717) is 17.2 Å². The molecule has 0 unspecified atom stereocenters. The summed E-state index contributed by atoms with van der Waals surface area (Å²) in [6.07, 6.45) is 6.59. The molecule has 26 heavy (non-hydrogen) atoms. The number of hydrogen-bond donors (Lipinski definition) is 0. The van der Waals surface area contributed by atoms with E-state index in [1.165, 1.54) is 38.6 Å². The number of benzene rings is 2. The van der Waals surface area contributed by atoms with Crippen molar-refractivity contribution in [3.8, 4) is 5.75 Å². The van der Waals surface area contributed by atoms with Gasteiger partial charge in [-0.05, 0) is 80.8 Å². The molecule has 1 atom stereocenters. The number of ketones is 1. The van der Waals surface area contributed by atoms with E-state index >= 15 is 0 Å². The minimum atomic E-state index is 0.0380. The molecule has 0 spiro atoms. The highest BCUT2D eigenvalue weighted by Gasteiger charge is 2.33. The Hall–Kier alpha value is -1.65. The van der Waals surface area contributed by atoms with Gasteiger partial charge in [-0.1, -0.05) is 22.4 Å². The maximum absolute atomic E-state index is 12.5. The van der Waals surface area contributed by atoms with E-state index in [-0.39, 0.29) is 5.78 Å². The Kier molecular flexibility index (Phi) is 5.41. The standard InChI is InChI=1S/C22H24BrNO2/c23-18-10-6-16(7-11-18)22(25)17-8-12-21(13-9-17)26-15-20-5-2-14-24(20)19-3-1-4-19/h6-13,19-20H,1-5,14-15H2/t20-/m0/s1. The van der Waals surface area contributed by atoms with Crippen molar-refractivity contribution in [2.75, 3.05) is 13.2 Å². The number of likely N-dealkylation sites (tertiary alicyclic amines) is 1. The molecule has 4 rings (SSSR count). The molecule has 0 amide bonds. The number of ether oxygens (including phenoxy) is 1. The normalized spacial score (nSPS) is 20.7. The summed E-state index contributed by atoms with van der Waals surface area (Å²) in [5, 5.41) is 0. The fourth-order valence-electron chi connectivity index (χ4n) is 3.90. The fourth-order valence-corrected chi connectivity index (χ4v) is 4.16. The molecule has 1 saturated heterocycles. The van der Waals surface area contributed by atoms with Crippen LogP contribution in [0.5, 0.6) is 5.75 Å². The second-order valence-electron chi connectivity index (χ2n) is 7.29. The molecule has 1 aliphatic carbocycles. The van der Waals surface area contributed by atoms with Gasteiger partial charge in [0.05, 0.1) is 0 Å². The van der Waals surface area contributed by atoms with Crippen molar-refractivity contribution in [3.63, 3.8) is 0 Å².